The number of nitrogens with zero attached hydrogens (tertiary/aromatic N) is 2. The van der Waals surface area contributed by atoms with Crippen LogP contribution in [-0.4, -0.2) is 16.6 Å². The third kappa shape index (κ3) is 3.15. The van der Waals surface area contributed by atoms with Gasteiger partial charge in [0.1, 0.15) is 22.4 Å². The molecule has 0 atom stereocenters. The van der Waals surface area contributed by atoms with Crippen LogP contribution >= 0.6 is 23.1 Å². The SMILES string of the molecule is CNCc1ccccc1OCc1nnsc1Cl. The van der Waals surface area contributed by atoms with E-state index in [0.717, 1.165) is 17.9 Å². The van der Waals surface area contributed by atoms with Gasteiger partial charge in [0.15, 0.2) is 0 Å². The van der Waals surface area contributed by atoms with Crippen molar-refractivity contribution in [3.8, 4) is 5.75 Å². The quantitative estimate of drug-likeness (QED) is 0.906. The van der Waals surface area contributed by atoms with Crippen LogP contribution in [-0.2, 0) is 13.2 Å². The Hall–Kier alpha value is -1.17. The number of hydrogen-bond acceptors (Lipinski definition) is 5. The summed E-state index contributed by atoms with van der Waals surface area (Å²) in [4.78, 5) is 0. The van der Waals surface area contributed by atoms with E-state index in [1.807, 2.05) is 31.3 Å². The van der Waals surface area contributed by atoms with Gasteiger partial charge >= 0.3 is 0 Å². The third-order valence-electron chi connectivity index (χ3n) is 2.21. The lowest BCUT2D eigenvalue weighted by Crippen LogP contribution is -2.07. The predicted molar refractivity (Wildman–Crippen MR) is 68.5 cm³/mol. The van der Waals surface area contributed by atoms with Gasteiger partial charge < -0.3 is 10.1 Å². The molecule has 4 nitrogen and oxygen atoms in total. The molecule has 6 heteroatoms. The summed E-state index contributed by atoms with van der Waals surface area (Å²) >= 11 is 7.07. The Kier molecular flexibility index (Phi) is 4.30. The van der Waals surface area contributed by atoms with Crippen LogP contribution in [0.5, 0.6) is 5.75 Å². The predicted octanol–water partition coefficient (Wildman–Crippen LogP) is 2.49. The molecule has 1 N–H and O–H groups in total. The molecule has 0 radical (unpaired) electrons. The lowest BCUT2D eigenvalue weighted by molar-refractivity contribution is 0.297. The van der Waals surface area contributed by atoms with Crippen LogP contribution in [0, 0.1) is 0 Å². The van der Waals surface area contributed by atoms with Crippen molar-refractivity contribution in [1.29, 1.82) is 0 Å². The minimum Gasteiger partial charge on any atom is -0.487 e. The average molecular weight is 270 g/mol. The molecule has 2 rings (SSSR count). The van der Waals surface area contributed by atoms with Gasteiger partial charge in [0.05, 0.1) is 0 Å². The molecule has 0 amide bonds. The molecule has 0 fully saturated rings. The minimum absolute atomic E-state index is 0.343. The van der Waals surface area contributed by atoms with E-state index in [4.69, 9.17) is 16.3 Å². The maximum absolute atomic E-state index is 5.91. The number of hydrogen-bond donors (Lipinski definition) is 1. The summed E-state index contributed by atoms with van der Waals surface area (Å²) in [5, 5.41) is 7.00. The van der Waals surface area contributed by atoms with E-state index in [-0.39, 0.29) is 0 Å². The summed E-state index contributed by atoms with van der Waals surface area (Å²) in [6.07, 6.45) is 0. The highest BCUT2D eigenvalue weighted by Gasteiger charge is 2.07. The maximum Gasteiger partial charge on any atom is 0.141 e. The van der Waals surface area contributed by atoms with Gasteiger partial charge in [-0.1, -0.05) is 34.3 Å². The van der Waals surface area contributed by atoms with Crippen LogP contribution in [0.3, 0.4) is 0 Å². The van der Waals surface area contributed by atoms with Gasteiger partial charge in [-0.25, -0.2) is 0 Å². The first-order valence-electron chi connectivity index (χ1n) is 5.13. The first-order valence-corrected chi connectivity index (χ1v) is 6.28. The molecule has 0 aliphatic rings. The van der Waals surface area contributed by atoms with E-state index >= 15 is 0 Å². The monoisotopic (exact) mass is 269 g/mol. The maximum atomic E-state index is 5.91. The molecule has 90 valence electrons. The average Bonchev–Trinajstić information content (AvgIpc) is 2.74. The van der Waals surface area contributed by atoms with Crippen LogP contribution in [0.1, 0.15) is 11.3 Å². The second-order valence-electron chi connectivity index (χ2n) is 3.42. The smallest absolute Gasteiger partial charge is 0.141 e. The number of nitrogens with one attached hydrogen (secondary N) is 1. The van der Waals surface area contributed by atoms with Crippen LogP contribution in [0.25, 0.3) is 0 Å². The first kappa shape index (κ1) is 12.3. The lowest BCUT2D eigenvalue weighted by atomic mass is 10.2. The van der Waals surface area contributed by atoms with E-state index in [1.54, 1.807) is 0 Å². The van der Waals surface area contributed by atoms with Crippen molar-refractivity contribution in [3.63, 3.8) is 0 Å². The lowest BCUT2D eigenvalue weighted by Gasteiger charge is -2.09. The normalized spacial score (nSPS) is 10.5. The fourth-order valence-corrected chi connectivity index (χ4v) is 2.01. The highest BCUT2D eigenvalue weighted by molar-refractivity contribution is 7.10. The number of halogens is 1. The highest BCUT2D eigenvalue weighted by atomic mass is 35.5. The van der Waals surface area contributed by atoms with Crippen molar-refractivity contribution in [1.82, 2.24) is 14.9 Å². The minimum atomic E-state index is 0.343. The number of benzene rings is 1. The Labute approximate surface area is 109 Å². The molecule has 0 aliphatic heterocycles. The molecule has 0 aliphatic carbocycles. The van der Waals surface area contributed by atoms with Crippen molar-refractivity contribution >= 4 is 23.1 Å². The fourth-order valence-electron chi connectivity index (χ4n) is 1.41. The molecule has 1 heterocycles. The summed E-state index contributed by atoms with van der Waals surface area (Å²) in [6.45, 7) is 1.11. The van der Waals surface area contributed by atoms with Gasteiger partial charge in [-0.2, -0.15) is 0 Å². The Morgan fingerprint density at radius 1 is 1.41 bits per heavy atom. The van der Waals surface area contributed by atoms with Crippen LogP contribution in [0.2, 0.25) is 4.34 Å². The second-order valence-corrected chi connectivity index (χ2v) is 4.78. The first-order chi connectivity index (χ1) is 8.31. The van der Waals surface area contributed by atoms with E-state index in [0.29, 0.717) is 16.6 Å². The Morgan fingerprint density at radius 2 is 2.24 bits per heavy atom. The zero-order valence-electron chi connectivity index (χ0n) is 9.31. The molecule has 1 aromatic carbocycles. The second kappa shape index (κ2) is 5.95. The summed E-state index contributed by atoms with van der Waals surface area (Å²) in [7, 11) is 1.90. The molecule has 0 saturated carbocycles. The van der Waals surface area contributed by atoms with Crippen molar-refractivity contribution in [2.45, 2.75) is 13.2 Å². The van der Waals surface area contributed by atoms with Gasteiger partial charge in [0.25, 0.3) is 0 Å². The number of rotatable bonds is 5. The van der Waals surface area contributed by atoms with Crippen LogP contribution in [0.15, 0.2) is 24.3 Å². The Morgan fingerprint density at radius 3 is 2.94 bits per heavy atom. The van der Waals surface area contributed by atoms with Crippen LogP contribution < -0.4 is 10.1 Å². The van der Waals surface area contributed by atoms with Crippen LogP contribution in [0.4, 0.5) is 0 Å². The van der Waals surface area contributed by atoms with Crippen molar-refractivity contribution in [2.75, 3.05) is 7.05 Å². The number of ether oxygens (including phenoxy) is 1. The molecule has 0 bridgehead atoms. The fraction of sp³-hybridized carbons (Fsp3) is 0.273. The highest BCUT2D eigenvalue weighted by Crippen LogP contribution is 2.22. The molecule has 17 heavy (non-hydrogen) atoms. The molecule has 0 spiro atoms. The summed E-state index contributed by atoms with van der Waals surface area (Å²) in [6, 6.07) is 7.87. The topological polar surface area (TPSA) is 47.0 Å². The van der Waals surface area contributed by atoms with Gasteiger partial charge in [0, 0.05) is 23.6 Å². The molecular weight excluding hydrogens is 258 g/mol. The number of para-hydroxylation sites is 1. The van der Waals surface area contributed by atoms with E-state index in [9.17, 15) is 0 Å². The van der Waals surface area contributed by atoms with Crippen molar-refractivity contribution in [3.05, 3.63) is 39.9 Å². The Bertz CT molecular complexity index is 489. The molecule has 1 aromatic heterocycles. The summed E-state index contributed by atoms with van der Waals surface area (Å²) in [5.41, 5.74) is 1.78. The van der Waals surface area contributed by atoms with Gasteiger partial charge in [-0.05, 0) is 13.1 Å². The molecule has 0 saturated heterocycles. The van der Waals surface area contributed by atoms with Gasteiger partial charge in [-0.3, -0.25) is 0 Å². The van der Waals surface area contributed by atoms with Gasteiger partial charge in [0.2, 0.25) is 0 Å². The molecule has 2 aromatic rings. The third-order valence-corrected chi connectivity index (χ3v) is 3.20. The zero-order chi connectivity index (χ0) is 12.1. The van der Waals surface area contributed by atoms with Crippen molar-refractivity contribution in [2.24, 2.45) is 0 Å². The molecular formula is C11H12ClN3OS. The standard InChI is InChI=1S/C11H12ClN3OS/c1-13-6-8-4-2-3-5-10(8)16-7-9-11(12)17-15-14-9/h2-5,13H,6-7H2,1H3. The summed E-state index contributed by atoms with van der Waals surface area (Å²) in [5.74, 6) is 0.839. The van der Waals surface area contributed by atoms with E-state index in [2.05, 4.69) is 14.9 Å². The largest absolute Gasteiger partial charge is 0.487 e. The van der Waals surface area contributed by atoms with E-state index < -0.39 is 0 Å². The molecule has 0 unspecified atom stereocenters. The zero-order valence-corrected chi connectivity index (χ0v) is 10.9. The number of aromatic nitrogens is 2. The van der Waals surface area contributed by atoms with Gasteiger partial charge in [-0.15, -0.1) is 5.10 Å². The summed E-state index contributed by atoms with van der Waals surface area (Å²) < 4.78 is 10.0. The van der Waals surface area contributed by atoms with Crippen molar-refractivity contribution < 1.29 is 4.74 Å². The van der Waals surface area contributed by atoms with E-state index in [1.165, 1.54) is 11.5 Å². The Balaban J connectivity index is 2.06.